The lowest BCUT2D eigenvalue weighted by Crippen LogP contribution is -2.47. The third-order valence-electron chi connectivity index (χ3n) is 4.79. The first-order valence-electron chi connectivity index (χ1n) is 9.23. The van der Waals surface area contributed by atoms with Crippen molar-refractivity contribution in [1.29, 1.82) is 0 Å². The average Bonchev–Trinajstić information content (AvgIpc) is 2.77. The zero-order valence-electron chi connectivity index (χ0n) is 15.6. The Labute approximate surface area is 166 Å². The van der Waals surface area contributed by atoms with E-state index >= 15 is 0 Å². The van der Waals surface area contributed by atoms with E-state index in [1.807, 2.05) is 12.1 Å². The number of rotatable bonds is 4. The number of amides is 1. The first-order valence-corrected chi connectivity index (χ1v) is 9.23. The van der Waals surface area contributed by atoms with Gasteiger partial charge < -0.3 is 15.1 Å². The van der Waals surface area contributed by atoms with Crippen LogP contribution in [-0.2, 0) is 0 Å². The zero-order chi connectivity index (χ0) is 20.2. The summed E-state index contributed by atoms with van der Waals surface area (Å²) in [7, 11) is 0. The van der Waals surface area contributed by atoms with E-state index in [1.54, 1.807) is 30.6 Å². The standard InChI is InChI=1S/C21H19F2N5O/c22-18-7-2-15(14-19(18)23)20(29)26-16-3-5-17(6-4-16)27-10-12-28(13-11-27)21-24-8-1-9-25-21/h1-9,14H,10-13H2,(H,26,29). The van der Waals surface area contributed by atoms with E-state index in [-0.39, 0.29) is 5.56 Å². The van der Waals surface area contributed by atoms with Gasteiger partial charge in [-0.3, -0.25) is 4.79 Å². The summed E-state index contributed by atoms with van der Waals surface area (Å²) in [6.45, 7) is 3.30. The van der Waals surface area contributed by atoms with Gasteiger partial charge in [0, 0.05) is 55.5 Å². The molecule has 3 aromatic rings. The number of aromatic nitrogens is 2. The Balaban J connectivity index is 1.36. The Hall–Kier alpha value is -3.55. The van der Waals surface area contributed by atoms with E-state index in [1.165, 1.54) is 6.07 Å². The van der Waals surface area contributed by atoms with Crippen LogP contribution in [0, 0.1) is 11.6 Å². The summed E-state index contributed by atoms with van der Waals surface area (Å²) in [5.74, 6) is -1.78. The predicted molar refractivity (Wildman–Crippen MR) is 107 cm³/mol. The minimum atomic E-state index is -1.05. The maximum atomic E-state index is 13.3. The number of nitrogens with one attached hydrogen (secondary N) is 1. The van der Waals surface area contributed by atoms with Gasteiger partial charge in [0.05, 0.1) is 0 Å². The molecule has 4 rings (SSSR count). The van der Waals surface area contributed by atoms with Gasteiger partial charge in [-0.05, 0) is 48.5 Å². The molecule has 6 nitrogen and oxygen atoms in total. The highest BCUT2D eigenvalue weighted by atomic mass is 19.2. The fourth-order valence-electron chi connectivity index (χ4n) is 3.22. The number of benzene rings is 2. The number of anilines is 3. The minimum Gasteiger partial charge on any atom is -0.368 e. The second-order valence-corrected chi connectivity index (χ2v) is 6.65. The number of hydrogen-bond donors (Lipinski definition) is 1. The van der Waals surface area contributed by atoms with E-state index in [4.69, 9.17) is 0 Å². The van der Waals surface area contributed by atoms with Gasteiger partial charge in [-0.25, -0.2) is 18.7 Å². The molecule has 0 unspecified atom stereocenters. The normalized spacial score (nSPS) is 14.0. The molecular weight excluding hydrogens is 376 g/mol. The van der Waals surface area contributed by atoms with Crippen LogP contribution in [0.15, 0.2) is 60.9 Å². The number of carbonyl (C=O) groups is 1. The summed E-state index contributed by atoms with van der Waals surface area (Å²) in [4.78, 5) is 25.2. The topological polar surface area (TPSA) is 61.4 Å². The molecule has 1 saturated heterocycles. The molecule has 0 saturated carbocycles. The maximum absolute atomic E-state index is 13.3. The molecule has 2 aromatic carbocycles. The summed E-state index contributed by atoms with van der Waals surface area (Å²) in [5, 5.41) is 2.69. The second kappa shape index (κ2) is 8.22. The second-order valence-electron chi connectivity index (χ2n) is 6.65. The molecule has 8 heteroatoms. The van der Waals surface area contributed by atoms with Crippen molar-refractivity contribution in [2.75, 3.05) is 41.3 Å². The van der Waals surface area contributed by atoms with Crippen LogP contribution < -0.4 is 15.1 Å². The lowest BCUT2D eigenvalue weighted by Gasteiger charge is -2.36. The highest BCUT2D eigenvalue weighted by molar-refractivity contribution is 6.04. The van der Waals surface area contributed by atoms with E-state index < -0.39 is 17.5 Å². The predicted octanol–water partition coefficient (Wildman–Crippen LogP) is 3.33. The molecule has 0 bridgehead atoms. The van der Waals surface area contributed by atoms with Crippen LogP contribution >= 0.6 is 0 Å². The first kappa shape index (κ1) is 18.8. The Morgan fingerprint density at radius 3 is 2.17 bits per heavy atom. The van der Waals surface area contributed by atoms with Gasteiger partial charge in [0.25, 0.3) is 5.91 Å². The summed E-state index contributed by atoms with van der Waals surface area (Å²) in [5.41, 5.74) is 1.69. The molecule has 1 aliphatic rings. The van der Waals surface area contributed by atoms with E-state index in [0.717, 1.165) is 49.9 Å². The highest BCUT2D eigenvalue weighted by Crippen LogP contribution is 2.21. The fraction of sp³-hybridized carbons (Fsp3) is 0.190. The quantitative estimate of drug-likeness (QED) is 0.734. The van der Waals surface area contributed by atoms with Crippen LogP contribution in [0.2, 0.25) is 0 Å². The third-order valence-corrected chi connectivity index (χ3v) is 4.79. The van der Waals surface area contributed by atoms with Crippen LogP contribution in [0.5, 0.6) is 0 Å². The van der Waals surface area contributed by atoms with Gasteiger partial charge in [0.15, 0.2) is 11.6 Å². The van der Waals surface area contributed by atoms with Crippen molar-refractivity contribution in [2.24, 2.45) is 0 Å². The maximum Gasteiger partial charge on any atom is 0.255 e. The van der Waals surface area contributed by atoms with Gasteiger partial charge in [0.2, 0.25) is 5.95 Å². The number of carbonyl (C=O) groups excluding carboxylic acids is 1. The lowest BCUT2D eigenvalue weighted by atomic mass is 10.2. The van der Waals surface area contributed by atoms with Crippen molar-refractivity contribution >= 4 is 23.2 Å². The monoisotopic (exact) mass is 395 g/mol. The highest BCUT2D eigenvalue weighted by Gasteiger charge is 2.19. The van der Waals surface area contributed by atoms with E-state index in [2.05, 4.69) is 25.1 Å². The molecule has 0 radical (unpaired) electrons. The molecule has 1 aromatic heterocycles. The molecule has 1 fully saturated rings. The molecule has 29 heavy (non-hydrogen) atoms. The molecular formula is C21H19F2N5O. The van der Waals surface area contributed by atoms with Crippen molar-refractivity contribution in [3.8, 4) is 0 Å². The molecule has 0 atom stereocenters. The van der Waals surface area contributed by atoms with Gasteiger partial charge in [-0.1, -0.05) is 0 Å². The van der Waals surface area contributed by atoms with Gasteiger partial charge >= 0.3 is 0 Å². The summed E-state index contributed by atoms with van der Waals surface area (Å²) in [6, 6.07) is 12.3. The van der Waals surface area contributed by atoms with Crippen molar-refractivity contribution in [1.82, 2.24) is 9.97 Å². The number of hydrogen-bond acceptors (Lipinski definition) is 5. The minimum absolute atomic E-state index is 0.0622. The number of halogens is 2. The van der Waals surface area contributed by atoms with Crippen LogP contribution in [0.25, 0.3) is 0 Å². The fourth-order valence-corrected chi connectivity index (χ4v) is 3.22. The van der Waals surface area contributed by atoms with Crippen molar-refractivity contribution in [3.63, 3.8) is 0 Å². The Morgan fingerprint density at radius 2 is 1.52 bits per heavy atom. The van der Waals surface area contributed by atoms with Crippen LogP contribution in [-0.4, -0.2) is 42.1 Å². The molecule has 2 heterocycles. The lowest BCUT2D eigenvalue weighted by molar-refractivity contribution is 0.102. The zero-order valence-corrected chi connectivity index (χ0v) is 15.6. The average molecular weight is 395 g/mol. The first-order chi connectivity index (χ1) is 14.1. The molecule has 1 aliphatic heterocycles. The summed E-state index contributed by atoms with van der Waals surface area (Å²) in [6.07, 6.45) is 3.48. The van der Waals surface area contributed by atoms with Gasteiger partial charge in [-0.15, -0.1) is 0 Å². The summed E-state index contributed by atoms with van der Waals surface area (Å²) >= 11 is 0. The van der Waals surface area contributed by atoms with Gasteiger partial charge in [-0.2, -0.15) is 0 Å². The van der Waals surface area contributed by atoms with Crippen molar-refractivity contribution in [3.05, 3.63) is 78.1 Å². The van der Waals surface area contributed by atoms with Gasteiger partial charge in [0.1, 0.15) is 0 Å². The number of nitrogens with zero attached hydrogens (tertiary/aromatic N) is 4. The molecule has 148 valence electrons. The molecule has 0 spiro atoms. The third kappa shape index (κ3) is 4.31. The van der Waals surface area contributed by atoms with Crippen LogP contribution in [0.1, 0.15) is 10.4 Å². The molecule has 0 aliphatic carbocycles. The van der Waals surface area contributed by atoms with Crippen LogP contribution in [0.3, 0.4) is 0 Å². The summed E-state index contributed by atoms with van der Waals surface area (Å²) < 4.78 is 26.3. The smallest absolute Gasteiger partial charge is 0.255 e. The van der Waals surface area contributed by atoms with Crippen molar-refractivity contribution in [2.45, 2.75) is 0 Å². The van der Waals surface area contributed by atoms with Crippen molar-refractivity contribution < 1.29 is 13.6 Å². The Kier molecular flexibility index (Phi) is 5.33. The van der Waals surface area contributed by atoms with E-state index in [9.17, 15) is 13.6 Å². The van der Waals surface area contributed by atoms with Crippen LogP contribution in [0.4, 0.5) is 26.1 Å². The Morgan fingerprint density at radius 1 is 0.862 bits per heavy atom. The molecule has 1 amide bonds. The largest absolute Gasteiger partial charge is 0.368 e. The van der Waals surface area contributed by atoms with E-state index in [0.29, 0.717) is 5.69 Å². The SMILES string of the molecule is O=C(Nc1ccc(N2CCN(c3ncccn3)CC2)cc1)c1ccc(F)c(F)c1. The number of piperazine rings is 1. The Bertz CT molecular complexity index is 990. The molecule has 1 N–H and O–H groups in total.